The first-order valence-corrected chi connectivity index (χ1v) is 10.4. The zero-order valence-electron chi connectivity index (χ0n) is 16.8. The van der Waals surface area contributed by atoms with Gasteiger partial charge in [0.05, 0.1) is 11.5 Å². The molecule has 2 atom stereocenters. The lowest BCUT2D eigenvalue weighted by Gasteiger charge is -2.40. The Kier molecular flexibility index (Phi) is 4.57. The molecule has 0 bridgehead atoms. The van der Waals surface area contributed by atoms with E-state index in [9.17, 15) is 22.4 Å². The van der Waals surface area contributed by atoms with Gasteiger partial charge in [0, 0.05) is 17.0 Å². The van der Waals surface area contributed by atoms with Crippen LogP contribution in [0.15, 0.2) is 36.4 Å². The number of amides is 1. The summed E-state index contributed by atoms with van der Waals surface area (Å²) in [6, 6.07) is 8.17. The number of carbonyl (C=O) groups is 1. The topological polar surface area (TPSA) is 56.8 Å². The van der Waals surface area contributed by atoms with Crippen LogP contribution in [-0.4, -0.2) is 24.2 Å². The van der Waals surface area contributed by atoms with Gasteiger partial charge in [0.15, 0.2) is 17.1 Å². The Labute approximate surface area is 185 Å². The van der Waals surface area contributed by atoms with Crippen molar-refractivity contribution in [1.82, 2.24) is 5.32 Å². The Morgan fingerprint density at radius 2 is 1.78 bits per heavy atom. The number of hydrogen-bond acceptors (Lipinski definition) is 4. The number of halogens is 5. The van der Waals surface area contributed by atoms with Gasteiger partial charge in [-0.3, -0.25) is 4.79 Å². The molecule has 2 heterocycles. The van der Waals surface area contributed by atoms with Crippen LogP contribution in [0.1, 0.15) is 43.4 Å². The van der Waals surface area contributed by atoms with Crippen molar-refractivity contribution >= 4 is 17.5 Å². The third-order valence-electron chi connectivity index (χ3n) is 6.21. The summed E-state index contributed by atoms with van der Waals surface area (Å²) in [4.78, 5) is 13.3. The highest BCUT2D eigenvalue weighted by Crippen LogP contribution is 2.53. The van der Waals surface area contributed by atoms with E-state index in [-0.39, 0.29) is 29.6 Å². The molecule has 2 aromatic carbocycles. The quantitative estimate of drug-likeness (QED) is 0.610. The van der Waals surface area contributed by atoms with Crippen LogP contribution in [0.5, 0.6) is 17.2 Å². The lowest BCUT2D eigenvalue weighted by Crippen LogP contribution is -2.49. The van der Waals surface area contributed by atoms with E-state index in [4.69, 9.17) is 16.3 Å². The van der Waals surface area contributed by atoms with Crippen LogP contribution in [-0.2, 0) is 10.2 Å². The number of rotatable bonds is 4. The maximum absolute atomic E-state index is 13.8. The summed E-state index contributed by atoms with van der Waals surface area (Å²) in [6.07, 6.45) is -5.73. The minimum Gasteiger partial charge on any atom is -0.481 e. The molecule has 1 fully saturated rings. The lowest BCUT2D eigenvalue weighted by molar-refractivity contribution is -0.286. The Hall–Kier alpha value is -2.68. The molecule has 2 aliphatic heterocycles. The third-order valence-corrected chi connectivity index (χ3v) is 6.44. The molecule has 1 amide bonds. The molecule has 1 aliphatic carbocycles. The third kappa shape index (κ3) is 3.43. The van der Waals surface area contributed by atoms with Crippen molar-refractivity contribution in [3.8, 4) is 17.2 Å². The number of benzene rings is 2. The van der Waals surface area contributed by atoms with E-state index in [1.54, 1.807) is 12.1 Å². The zero-order chi connectivity index (χ0) is 22.9. The normalized spacial score (nSPS) is 26.3. The van der Waals surface area contributed by atoms with E-state index >= 15 is 0 Å². The Bertz CT molecular complexity index is 1110. The van der Waals surface area contributed by atoms with E-state index in [1.165, 1.54) is 31.2 Å². The predicted molar refractivity (Wildman–Crippen MR) is 106 cm³/mol. The second-order valence-corrected chi connectivity index (χ2v) is 8.98. The summed E-state index contributed by atoms with van der Waals surface area (Å²) < 4.78 is 68.7. The molecule has 0 aromatic heterocycles. The van der Waals surface area contributed by atoms with Gasteiger partial charge < -0.3 is 19.5 Å². The summed E-state index contributed by atoms with van der Waals surface area (Å²) in [5.41, 5.74) is -1.73. The highest BCUT2D eigenvalue weighted by atomic mass is 35.5. The molecule has 170 valence electrons. The molecular formula is C22H18ClF4NO4. The molecule has 3 aliphatic rings. The van der Waals surface area contributed by atoms with Crippen molar-refractivity contribution in [3.63, 3.8) is 0 Å². The molecular weight excluding hydrogens is 454 g/mol. The number of hydrogen-bond donors (Lipinski definition) is 1. The lowest BCUT2D eigenvalue weighted by atomic mass is 9.87. The number of fused-ring (bicyclic) bond motifs is 2. The molecule has 2 aromatic rings. The molecule has 0 saturated heterocycles. The van der Waals surface area contributed by atoms with Gasteiger partial charge in [-0.05, 0) is 49.6 Å². The van der Waals surface area contributed by atoms with Crippen molar-refractivity contribution in [1.29, 1.82) is 0 Å². The molecule has 1 saturated carbocycles. The maximum atomic E-state index is 13.8. The molecule has 0 radical (unpaired) electrons. The molecule has 10 heteroatoms. The van der Waals surface area contributed by atoms with Gasteiger partial charge in [-0.25, -0.2) is 8.78 Å². The van der Waals surface area contributed by atoms with Crippen LogP contribution < -0.4 is 19.5 Å². The van der Waals surface area contributed by atoms with Crippen LogP contribution >= 0.6 is 11.6 Å². The predicted octanol–water partition coefficient (Wildman–Crippen LogP) is 5.36. The number of alkyl halides is 4. The standard InChI is InChI=1S/C22H18ClF4NO4/c1-20(18(24)25)10-14(13-4-3-12(23)9-16(13)30-20)28-19(29)21(6-7-21)11-2-5-15-17(8-11)32-22(26,27)31-15/h2-5,8-9,14,18H,6-7,10H2,1H3,(H,28,29)/t14-,20+/m1/s1. The van der Waals surface area contributed by atoms with Crippen LogP contribution in [0, 0.1) is 0 Å². The first-order chi connectivity index (χ1) is 15.0. The Morgan fingerprint density at radius 3 is 2.47 bits per heavy atom. The van der Waals surface area contributed by atoms with Crippen molar-refractivity contribution in [2.75, 3.05) is 0 Å². The smallest absolute Gasteiger partial charge is 0.481 e. The first kappa shape index (κ1) is 21.2. The molecule has 32 heavy (non-hydrogen) atoms. The van der Waals surface area contributed by atoms with Crippen LogP contribution in [0.3, 0.4) is 0 Å². The van der Waals surface area contributed by atoms with Gasteiger partial charge >= 0.3 is 6.29 Å². The SMILES string of the molecule is C[C@@]1(C(F)F)C[C@@H](NC(=O)C2(c3ccc4c(c3)OC(F)(F)O4)CC2)c2ccc(Cl)cc2O1. The minimum absolute atomic E-state index is 0.113. The van der Waals surface area contributed by atoms with Crippen molar-refractivity contribution in [3.05, 3.63) is 52.5 Å². The fourth-order valence-electron chi connectivity index (χ4n) is 4.27. The highest BCUT2D eigenvalue weighted by molar-refractivity contribution is 6.30. The molecule has 0 unspecified atom stereocenters. The van der Waals surface area contributed by atoms with Gasteiger partial charge in [-0.1, -0.05) is 23.7 Å². The van der Waals surface area contributed by atoms with E-state index in [1.807, 2.05) is 0 Å². The molecule has 5 nitrogen and oxygen atoms in total. The van der Waals surface area contributed by atoms with Gasteiger partial charge in [0.25, 0.3) is 6.43 Å². The van der Waals surface area contributed by atoms with Crippen molar-refractivity contribution < 1.29 is 36.6 Å². The van der Waals surface area contributed by atoms with E-state index in [0.717, 1.165) is 0 Å². The number of nitrogens with one attached hydrogen (secondary N) is 1. The largest absolute Gasteiger partial charge is 0.586 e. The minimum atomic E-state index is -3.76. The molecule has 0 spiro atoms. The average molecular weight is 472 g/mol. The fraction of sp³-hybridized carbons (Fsp3) is 0.409. The van der Waals surface area contributed by atoms with Gasteiger partial charge in [-0.15, -0.1) is 8.78 Å². The molecule has 5 rings (SSSR count). The number of ether oxygens (including phenoxy) is 3. The van der Waals surface area contributed by atoms with Gasteiger partial charge in [-0.2, -0.15) is 0 Å². The monoisotopic (exact) mass is 471 g/mol. The van der Waals surface area contributed by atoms with Crippen LogP contribution in [0.4, 0.5) is 17.6 Å². The summed E-state index contributed by atoms with van der Waals surface area (Å²) in [7, 11) is 0. The highest BCUT2D eigenvalue weighted by Gasteiger charge is 2.54. The zero-order valence-corrected chi connectivity index (χ0v) is 17.5. The van der Waals surface area contributed by atoms with Crippen LogP contribution in [0.25, 0.3) is 0 Å². The Balaban J connectivity index is 1.43. The van der Waals surface area contributed by atoms with E-state index in [0.29, 0.717) is 29.0 Å². The van der Waals surface area contributed by atoms with Gasteiger partial charge in [0.1, 0.15) is 5.75 Å². The second-order valence-electron chi connectivity index (χ2n) is 8.54. The van der Waals surface area contributed by atoms with Crippen LogP contribution in [0.2, 0.25) is 5.02 Å². The van der Waals surface area contributed by atoms with E-state index in [2.05, 4.69) is 14.8 Å². The van der Waals surface area contributed by atoms with Crippen molar-refractivity contribution in [2.45, 2.75) is 56.0 Å². The Morgan fingerprint density at radius 1 is 1.06 bits per heavy atom. The van der Waals surface area contributed by atoms with Crippen molar-refractivity contribution in [2.24, 2.45) is 0 Å². The second kappa shape index (κ2) is 6.91. The molecule has 1 N–H and O–H groups in total. The van der Waals surface area contributed by atoms with Gasteiger partial charge in [0.2, 0.25) is 5.91 Å². The summed E-state index contributed by atoms with van der Waals surface area (Å²) in [6.45, 7) is 1.28. The van der Waals surface area contributed by atoms with E-state index < -0.39 is 29.8 Å². The summed E-state index contributed by atoms with van der Waals surface area (Å²) in [5, 5.41) is 3.20. The first-order valence-electron chi connectivity index (χ1n) is 9.99. The number of carbonyl (C=O) groups excluding carboxylic acids is 1. The average Bonchev–Trinajstić information content (AvgIpc) is 3.44. The maximum Gasteiger partial charge on any atom is 0.586 e. The fourth-order valence-corrected chi connectivity index (χ4v) is 4.43. The summed E-state index contributed by atoms with van der Waals surface area (Å²) in [5.74, 6) is -0.458. The summed E-state index contributed by atoms with van der Waals surface area (Å²) >= 11 is 6.00.